The van der Waals surface area contributed by atoms with E-state index in [1.807, 2.05) is 30.5 Å². The van der Waals surface area contributed by atoms with E-state index in [9.17, 15) is 0 Å². The minimum absolute atomic E-state index is 0.568. The molecule has 1 aromatic heterocycles. The number of ether oxygens (including phenoxy) is 1. The second kappa shape index (κ2) is 5.74. The maximum atomic E-state index is 5.95. The van der Waals surface area contributed by atoms with E-state index in [1.165, 1.54) is 18.5 Å². The lowest BCUT2D eigenvalue weighted by molar-refractivity contribution is 0.306. The maximum Gasteiger partial charge on any atom is 0.143 e. The van der Waals surface area contributed by atoms with Crippen LogP contribution in [0.25, 0.3) is 0 Å². The zero-order valence-electron chi connectivity index (χ0n) is 11.0. The molecule has 1 aromatic carbocycles. The highest BCUT2D eigenvalue weighted by molar-refractivity contribution is 5.58. The Hall–Kier alpha value is -2.03. The number of rotatable bonds is 4. The van der Waals surface area contributed by atoms with Crippen LogP contribution in [0, 0.1) is 0 Å². The normalized spacial score (nSPS) is 14.6. The van der Waals surface area contributed by atoms with Crippen molar-refractivity contribution in [3.63, 3.8) is 0 Å². The van der Waals surface area contributed by atoms with Gasteiger partial charge in [-0.3, -0.25) is 4.98 Å². The molecular weight excluding hydrogens is 236 g/mol. The van der Waals surface area contributed by atoms with Crippen LogP contribution in [0.15, 0.2) is 48.8 Å². The van der Waals surface area contributed by atoms with Gasteiger partial charge in [0.2, 0.25) is 0 Å². The average Bonchev–Trinajstić information content (AvgIpc) is 3.01. The van der Waals surface area contributed by atoms with E-state index in [-0.39, 0.29) is 0 Å². The summed E-state index contributed by atoms with van der Waals surface area (Å²) in [6, 6.07) is 12.3. The van der Waals surface area contributed by atoms with Crippen molar-refractivity contribution in [1.29, 1.82) is 0 Å². The Balaban J connectivity index is 1.73. The first kappa shape index (κ1) is 12.0. The predicted molar refractivity (Wildman–Crippen MR) is 76.5 cm³/mol. The van der Waals surface area contributed by atoms with Gasteiger partial charge in [-0.1, -0.05) is 18.2 Å². The lowest BCUT2D eigenvalue weighted by atomic mass is 10.2. The molecule has 0 amide bonds. The van der Waals surface area contributed by atoms with Gasteiger partial charge in [-0.2, -0.15) is 0 Å². The lowest BCUT2D eigenvalue weighted by Gasteiger charge is -2.21. The molecule has 98 valence electrons. The van der Waals surface area contributed by atoms with Gasteiger partial charge in [0.25, 0.3) is 0 Å². The number of anilines is 1. The number of nitrogens with zero attached hydrogens (tertiary/aromatic N) is 2. The van der Waals surface area contributed by atoms with E-state index in [0.717, 1.165) is 24.4 Å². The molecule has 3 heteroatoms. The summed E-state index contributed by atoms with van der Waals surface area (Å²) >= 11 is 0. The van der Waals surface area contributed by atoms with Crippen LogP contribution >= 0.6 is 0 Å². The van der Waals surface area contributed by atoms with Gasteiger partial charge >= 0.3 is 0 Å². The minimum atomic E-state index is 0.568. The zero-order chi connectivity index (χ0) is 12.9. The van der Waals surface area contributed by atoms with Crippen molar-refractivity contribution in [3.05, 3.63) is 54.4 Å². The van der Waals surface area contributed by atoms with E-state index in [1.54, 1.807) is 6.20 Å². The van der Waals surface area contributed by atoms with Gasteiger partial charge < -0.3 is 9.64 Å². The third-order valence-electron chi connectivity index (χ3n) is 3.43. The van der Waals surface area contributed by atoms with Crippen LogP contribution in [0.4, 0.5) is 5.69 Å². The molecule has 0 N–H and O–H groups in total. The molecule has 0 unspecified atom stereocenters. The van der Waals surface area contributed by atoms with Crippen molar-refractivity contribution in [2.45, 2.75) is 19.4 Å². The first-order valence-electron chi connectivity index (χ1n) is 6.79. The first-order valence-corrected chi connectivity index (χ1v) is 6.79. The second-order valence-corrected chi connectivity index (χ2v) is 4.81. The fraction of sp³-hybridized carbons (Fsp3) is 0.312. The predicted octanol–water partition coefficient (Wildman–Crippen LogP) is 3.26. The summed E-state index contributed by atoms with van der Waals surface area (Å²) in [4.78, 5) is 6.51. The van der Waals surface area contributed by atoms with Crippen LogP contribution in [0.3, 0.4) is 0 Å². The smallest absolute Gasteiger partial charge is 0.143 e. The number of hydrogen-bond acceptors (Lipinski definition) is 3. The third-order valence-corrected chi connectivity index (χ3v) is 3.43. The number of para-hydroxylation sites is 2. The molecule has 0 bridgehead atoms. The quantitative estimate of drug-likeness (QED) is 0.837. The molecule has 19 heavy (non-hydrogen) atoms. The molecule has 3 nitrogen and oxygen atoms in total. The monoisotopic (exact) mass is 254 g/mol. The molecule has 1 aliphatic heterocycles. The Morgan fingerprint density at radius 2 is 1.89 bits per heavy atom. The molecule has 0 aliphatic carbocycles. The van der Waals surface area contributed by atoms with Crippen molar-refractivity contribution in [2.75, 3.05) is 18.0 Å². The Labute approximate surface area is 113 Å². The second-order valence-electron chi connectivity index (χ2n) is 4.81. The van der Waals surface area contributed by atoms with Crippen LogP contribution in [0.5, 0.6) is 5.75 Å². The summed E-state index contributed by atoms with van der Waals surface area (Å²) in [6.45, 7) is 2.83. The molecule has 2 aromatic rings. The molecule has 0 spiro atoms. The van der Waals surface area contributed by atoms with Crippen molar-refractivity contribution >= 4 is 5.69 Å². The Kier molecular flexibility index (Phi) is 3.63. The van der Waals surface area contributed by atoms with E-state index >= 15 is 0 Å². The van der Waals surface area contributed by atoms with Gasteiger partial charge in [-0.25, -0.2) is 0 Å². The van der Waals surface area contributed by atoms with E-state index in [4.69, 9.17) is 4.74 Å². The number of aromatic nitrogens is 1. The summed E-state index contributed by atoms with van der Waals surface area (Å²) in [7, 11) is 0. The summed E-state index contributed by atoms with van der Waals surface area (Å²) in [5.41, 5.74) is 2.31. The van der Waals surface area contributed by atoms with Crippen LogP contribution in [-0.2, 0) is 6.61 Å². The van der Waals surface area contributed by atoms with Crippen molar-refractivity contribution < 1.29 is 4.74 Å². The SMILES string of the molecule is c1cncc(COc2ccccc2N2CCCC2)c1. The van der Waals surface area contributed by atoms with Crippen LogP contribution in [0.2, 0.25) is 0 Å². The van der Waals surface area contributed by atoms with Gasteiger partial charge in [0, 0.05) is 31.0 Å². The minimum Gasteiger partial charge on any atom is -0.487 e. The lowest BCUT2D eigenvalue weighted by Crippen LogP contribution is -2.18. The van der Waals surface area contributed by atoms with Crippen LogP contribution < -0.4 is 9.64 Å². The highest BCUT2D eigenvalue weighted by Gasteiger charge is 2.15. The molecule has 0 atom stereocenters. The largest absolute Gasteiger partial charge is 0.487 e. The molecule has 1 fully saturated rings. The summed E-state index contributed by atoms with van der Waals surface area (Å²) in [5, 5.41) is 0. The standard InChI is InChI=1S/C16H18N2O/c1-2-8-16(15(7-1)18-10-3-4-11-18)19-13-14-6-5-9-17-12-14/h1-2,5-9,12H,3-4,10-11,13H2. The average molecular weight is 254 g/mol. The molecule has 2 heterocycles. The van der Waals surface area contributed by atoms with Gasteiger partial charge in [0.1, 0.15) is 12.4 Å². The van der Waals surface area contributed by atoms with Gasteiger partial charge in [-0.15, -0.1) is 0 Å². The summed E-state index contributed by atoms with van der Waals surface area (Å²) < 4.78 is 5.95. The highest BCUT2D eigenvalue weighted by atomic mass is 16.5. The first-order chi connectivity index (χ1) is 9.43. The van der Waals surface area contributed by atoms with E-state index < -0.39 is 0 Å². The van der Waals surface area contributed by atoms with Gasteiger partial charge in [0.05, 0.1) is 5.69 Å². The molecule has 3 rings (SSSR count). The molecular formula is C16H18N2O. The van der Waals surface area contributed by atoms with Gasteiger partial charge in [-0.05, 0) is 31.0 Å². The van der Waals surface area contributed by atoms with E-state index in [2.05, 4.69) is 22.0 Å². The Morgan fingerprint density at radius 1 is 1.05 bits per heavy atom. The van der Waals surface area contributed by atoms with Crippen LogP contribution in [0.1, 0.15) is 18.4 Å². The van der Waals surface area contributed by atoms with Crippen LogP contribution in [-0.4, -0.2) is 18.1 Å². The Morgan fingerprint density at radius 3 is 2.68 bits per heavy atom. The number of benzene rings is 1. The summed E-state index contributed by atoms with van der Waals surface area (Å²) in [6.07, 6.45) is 6.17. The number of hydrogen-bond donors (Lipinski definition) is 0. The van der Waals surface area contributed by atoms with Crippen molar-refractivity contribution in [3.8, 4) is 5.75 Å². The maximum absolute atomic E-state index is 5.95. The Bertz CT molecular complexity index is 521. The van der Waals surface area contributed by atoms with E-state index in [0.29, 0.717) is 6.61 Å². The third kappa shape index (κ3) is 2.87. The molecule has 1 saturated heterocycles. The fourth-order valence-corrected chi connectivity index (χ4v) is 2.44. The summed E-state index contributed by atoms with van der Waals surface area (Å²) in [5.74, 6) is 0.966. The number of pyridine rings is 1. The van der Waals surface area contributed by atoms with Crippen molar-refractivity contribution in [1.82, 2.24) is 4.98 Å². The zero-order valence-corrected chi connectivity index (χ0v) is 11.0. The highest BCUT2D eigenvalue weighted by Crippen LogP contribution is 2.31. The molecule has 1 aliphatic rings. The van der Waals surface area contributed by atoms with Crippen molar-refractivity contribution in [2.24, 2.45) is 0 Å². The fourth-order valence-electron chi connectivity index (χ4n) is 2.44. The molecule has 0 radical (unpaired) electrons. The topological polar surface area (TPSA) is 25.4 Å². The molecule has 0 saturated carbocycles. The van der Waals surface area contributed by atoms with Gasteiger partial charge in [0.15, 0.2) is 0 Å².